The highest BCUT2D eigenvalue weighted by molar-refractivity contribution is 14.0. The quantitative estimate of drug-likeness (QED) is 0.0779. The summed E-state index contributed by atoms with van der Waals surface area (Å²) in [4.78, 5) is 1.56. The van der Waals surface area contributed by atoms with Gasteiger partial charge in [0.2, 0.25) is 0 Å². The molecule has 160 valence electrons. The fraction of sp³-hybridized carbons (Fsp3) is 0.818. The van der Waals surface area contributed by atoms with E-state index < -0.39 is 0 Å². The third kappa shape index (κ3) is 17.4. The third-order valence-corrected chi connectivity index (χ3v) is 7.00. The van der Waals surface area contributed by atoms with Gasteiger partial charge in [0.25, 0.3) is 0 Å². The summed E-state index contributed by atoms with van der Waals surface area (Å²) in [6.07, 6.45) is 16.6. The highest BCUT2D eigenvalue weighted by Crippen LogP contribution is 2.23. The number of rotatable bonds is 19. The molecule has 0 radical (unpaired) electrons. The Morgan fingerprint density at radius 2 is 1.52 bits per heavy atom. The molecular weight excluding hydrogens is 486 g/mol. The summed E-state index contributed by atoms with van der Waals surface area (Å²) in [5.74, 6) is 0. The average molecular weight is 529 g/mol. The number of hydrogen-bond donors (Lipinski definition) is 0. The second-order valence-corrected chi connectivity index (χ2v) is 9.43. The second kappa shape index (κ2) is 21.5. The van der Waals surface area contributed by atoms with Gasteiger partial charge >= 0.3 is 0 Å². The lowest BCUT2D eigenvalue weighted by molar-refractivity contribution is -0.147. The summed E-state index contributed by atoms with van der Waals surface area (Å²) >= 11 is 1.90. The Balaban J connectivity index is 0.00000676. The van der Waals surface area contributed by atoms with Crippen LogP contribution in [0.5, 0.6) is 0 Å². The van der Waals surface area contributed by atoms with Crippen LogP contribution in [0.25, 0.3) is 0 Å². The first-order chi connectivity index (χ1) is 12.9. The molecule has 1 aromatic rings. The van der Waals surface area contributed by atoms with Gasteiger partial charge in [-0.25, -0.2) is 0 Å². The minimum atomic E-state index is 0. The normalized spacial score (nSPS) is 11.5. The molecule has 0 bridgehead atoms. The van der Waals surface area contributed by atoms with Crippen LogP contribution >= 0.6 is 43.9 Å². The average Bonchev–Trinajstić information content (AvgIpc) is 3.16. The molecule has 27 heavy (non-hydrogen) atoms. The maximum absolute atomic E-state index is 5.91. The fourth-order valence-corrected chi connectivity index (χ4v) is 5.00. The van der Waals surface area contributed by atoms with Crippen molar-refractivity contribution in [3.63, 3.8) is 0 Å². The van der Waals surface area contributed by atoms with Gasteiger partial charge in [-0.15, -0.1) is 43.9 Å². The second-order valence-electron chi connectivity index (χ2n) is 7.04. The van der Waals surface area contributed by atoms with Gasteiger partial charge in [-0.3, -0.25) is 0 Å². The van der Waals surface area contributed by atoms with E-state index in [1.807, 2.05) is 11.3 Å². The van der Waals surface area contributed by atoms with E-state index in [0.29, 0.717) is 0 Å². The third-order valence-electron chi connectivity index (χ3n) is 4.53. The van der Waals surface area contributed by atoms with Gasteiger partial charge in [0.15, 0.2) is 6.29 Å². The summed E-state index contributed by atoms with van der Waals surface area (Å²) in [7, 11) is 1.11. The van der Waals surface area contributed by atoms with Crippen LogP contribution in [0.3, 0.4) is 0 Å². The van der Waals surface area contributed by atoms with Gasteiger partial charge < -0.3 is 9.47 Å². The van der Waals surface area contributed by atoms with Crippen LogP contribution in [0.15, 0.2) is 17.5 Å². The minimum Gasteiger partial charge on any atom is -0.353 e. The Morgan fingerprint density at radius 3 is 2.11 bits per heavy atom. The lowest BCUT2D eigenvalue weighted by atomic mass is 10.1. The molecule has 0 fully saturated rings. The zero-order valence-electron chi connectivity index (χ0n) is 17.5. The van der Waals surface area contributed by atoms with E-state index >= 15 is 0 Å². The Kier molecular flexibility index (Phi) is 22.1. The zero-order valence-corrected chi connectivity index (χ0v) is 21.7. The van der Waals surface area contributed by atoms with Crippen molar-refractivity contribution in [3.05, 3.63) is 22.4 Å². The molecule has 0 aliphatic carbocycles. The molecule has 0 saturated heterocycles. The molecule has 0 saturated carbocycles. The van der Waals surface area contributed by atoms with E-state index in [1.54, 1.807) is 4.88 Å². The van der Waals surface area contributed by atoms with Crippen molar-refractivity contribution in [3.8, 4) is 0 Å². The number of unbranched alkanes of at least 4 members (excludes halogenated alkanes) is 7. The van der Waals surface area contributed by atoms with Crippen LogP contribution in [0, 0.1) is 0 Å². The summed E-state index contributed by atoms with van der Waals surface area (Å²) < 4.78 is 11.8. The molecule has 1 atom stereocenters. The van der Waals surface area contributed by atoms with Gasteiger partial charge in [0, 0.05) is 18.1 Å². The molecule has 0 spiro atoms. The van der Waals surface area contributed by atoms with Crippen molar-refractivity contribution in [1.29, 1.82) is 0 Å². The summed E-state index contributed by atoms with van der Waals surface area (Å²) in [6.45, 7) is 6.11. The summed E-state index contributed by atoms with van der Waals surface area (Å²) in [5.41, 5.74) is 0. The smallest absolute Gasteiger partial charge is 0.157 e. The van der Waals surface area contributed by atoms with Crippen molar-refractivity contribution < 1.29 is 9.47 Å². The van der Waals surface area contributed by atoms with Crippen molar-refractivity contribution in [2.45, 2.75) is 96.9 Å². The molecule has 0 amide bonds. The molecule has 0 aliphatic heterocycles. The topological polar surface area (TPSA) is 18.5 Å². The molecule has 0 aliphatic rings. The van der Waals surface area contributed by atoms with Crippen LogP contribution in [0.2, 0.25) is 0 Å². The van der Waals surface area contributed by atoms with Gasteiger partial charge in [0.05, 0.1) is 0 Å². The first-order valence-electron chi connectivity index (χ1n) is 10.8. The number of hydrogen-bond acceptors (Lipinski definition) is 3. The van der Waals surface area contributed by atoms with E-state index in [-0.39, 0.29) is 30.3 Å². The SMILES string of the molecule is CCCCOC(CCCCCCCCPCc1cccs1)OCCCC.I. The van der Waals surface area contributed by atoms with Crippen LogP contribution in [-0.4, -0.2) is 25.7 Å². The Bertz CT molecular complexity index is 380. The maximum atomic E-state index is 5.91. The van der Waals surface area contributed by atoms with E-state index in [1.165, 1.54) is 63.7 Å². The van der Waals surface area contributed by atoms with Crippen LogP contribution < -0.4 is 0 Å². The molecule has 1 aromatic heterocycles. The predicted octanol–water partition coefficient (Wildman–Crippen LogP) is 8.23. The molecule has 1 unspecified atom stereocenters. The van der Waals surface area contributed by atoms with Gasteiger partial charge in [0.1, 0.15) is 0 Å². The number of ether oxygens (including phenoxy) is 2. The largest absolute Gasteiger partial charge is 0.353 e. The van der Waals surface area contributed by atoms with Crippen LogP contribution in [-0.2, 0) is 15.6 Å². The number of thiophene rings is 1. The lowest BCUT2D eigenvalue weighted by Crippen LogP contribution is -2.18. The van der Waals surface area contributed by atoms with E-state index in [0.717, 1.165) is 41.1 Å². The predicted molar refractivity (Wildman–Crippen MR) is 134 cm³/mol. The molecule has 5 heteroatoms. The van der Waals surface area contributed by atoms with E-state index in [4.69, 9.17) is 9.47 Å². The van der Waals surface area contributed by atoms with Crippen molar-refractivity contribution in [2.24, 2.45) is 0 Å². The molecule has 0 N–H and O–H groups in total. The molecule has 2 nitrogen and oxygen atoms in total. The highest BCUT2D eigenvalue weighted by atomic mass is 127. The first-order valence-corrected chi connectivity index (χ1v) is 13.1. The van der Waals surface area contributed by atoms with Crippen molar-refractivity contribution in [1.82, 2.24) is 0 Å². The fourth-order valence-electron chi connectivity index (χ4n) is 2.83. The molecule has 1 heterocycles. The standard InChI is InChI=1S/C22H41O2PS.HI/c1-3-5-16-23-22(24-17-6-4-2)15-11-9-7-8-10-12-18-25-20-21-14-13-19-26-21;/h13-14,19,22,25H,3-12,15-18,20H2,1-2H3;1H. The van der Waals surface area contributed by atoms with Crippen LogP contribution in [0.4, 0.5) is 0 Å². The van der Waals surface area contributed by atoms with Gasteiger partial charge in [-0.05, 0) is 55.9 Å². The van der Waals surface area contributed by atoms with E-state index in [9.17, 15) is 0 Å². The molecule has 0 aromatic carbocycles. The Morgan fingerprint density at radius 1 is 0.889 bits per heavy atom. The Labute approximate surface area is 191 Å². The van der Waals surface area contributed by atoms with Crippen molar-refractivity contribution >= 4 is 43.9 Å². The monoisotopic (exact) mass is 528 g/mol. The van der Waals surface area contributed by atoms with E-state index in [2.05, 4.69) is 31.4 Å². The van der Waals surface area contributed by atoms with Gasteiger partial charge in [-0.1, -0.05) is 58.4 Å². The maximum Gasteiger partial charge on any atom is 0.157 e. The minimum absolute atomic E-state index is 0. The summed E-state index contributed by atoms with van der Waals surface area (Å²) in [6, 6.07) is 4.43. The summed E-state index contributed by atoms with van der Waals surface area (Å²) in [5, 5.41) is 2.19. The van der Waals surface area contributed by atoms with Crippen LogP contribution in [0.1, 0.15) is 89.4 Å². The molecular formula is C22H42IO2PS. The number of halogens is 1. The molecule has 1 rings (SSSR count). The van der Waals surface area contributed by atoms with Crippen molar-refractivity contribution in [2.75, 3.05) is 19.4 Å². The highest BCUT2D eigenvalue weighted by Gasteiger charge is 2.08. The first kappa shape index (κ1) is 27.8. The Hall–Kier alpha value is 0.780. The lowest BCUT2D eigenvalue weighted by Gasteiger charge is -2.18. The van der Waals surface area contributed by atoms with Gasteiger partial charge in [-0.2, -0.15) is 0 Å². The zero-order chi connectivity index (χ0) is 18.7.